The molecule has 112 valence electrons. The minimum absolute atomic E-state index is 0.163. The molecule has 3 heteroatoms. The summed E-state index contributed by atoms with van der Waals surface area (Å²) in [6.45, 7) is 4.59. The van der Waals surface area contributed by atoms with Gasteiger partial charge in [0.15, 0.2) is 0 Å². The minimum atomic E-state index is -0.251. The van der Waals surface area contributed by atoms with Gasteiger partial charge in [-0.25, -0.2) is 0 Å². The van der Waals surface area contributed by atoms with Crippen LogP contribution in [0, 0.1) is 0 Å². The molecule has 0 radical (unpaired) electrons. The smallest absolute Gasteiger partial charge is 0.313 e. The number of hydrogen-bond acceptors (Lipinski definition) is 3. The van der Waals surface area contributed by atoms with Crippen LogP contribution in [-0.4, -0.2) is 12.6 Å². The lowest BCUT2D eigenvalue weighted by Crippen LogP contribution is -2.14. The Morgan fingerprint density at radius 3 is 2.60 bits per heavy atom. The van der Waals surface area contributed by atoms with Gasteiger partial charge in [0, 0.05) is 5.69 Å². The predicted octanol–water partition coefficient (Wildman–Crippen LogP) is 4.28. The summed E-state index contributed by atoms with van der Waals surface area (Å²) >= 11 is 0. The van der Waals surface area contributed by atoms with E-state index < -0.39 is 0 Å². The zero-order chi connectivity index (χ0) is 14.8. The number of rotatable bonds is 9. The maximum atomic E-state index is 11.9. The van der Waals surface area contributed by atoms with Gasteiger partial charge >= 0.3 is 5.97 Å². The highest BCUT2D eigenvalue weighted by Gasteiger charge is 2.16. The summed E-state index contributed by atoms with van der Waals surface area (Å²) in [4.78, 5) is 11.9. The lowest BCUT2D eigenvalue weighted by atomic mass is 10.0. The molecular weight excluding hydrogens is 250 g/mol. The molecule has 1 unspecified atom stereocenters. The average molecular weight is 277 g/mol. The number of esters is 1. The van der Waals surface area contributed by atoms with Crippen molar-refractivity contribution in [2.24, 2.45) is 0 Å². The van der Waals surface area contributed by atoms with E-state index in [9.17, 15) is 4.79 Å². The van der Waals surface area contributed by atoms with Crippen molar-refractivity contribution in [2.75, 3.05) is 12.3 Å². The largest absolute Gasteiger partial charge is 0.465 e. The third-order valence-electron chi connectivity index (χ3n) is 3.51. The molecule has 0 bridgehead atoms. The molecule has 0 saturated carbocycles. The molecule has 20 heavy (non-hydrogen) atoms. The number of unbranched alkanes of at least 4 members (excludes halogenated alkanes) is 5. The van der Waals surface area contributed by atoms with Crippen molar-refractivity contribution in [3.05, 3.63) is 29.8 Å². The molecule has 0 fully saturated rings. The SMILES string of the molecule is CCCCCCCCOC(=O)C(C)c1cccc(N)c1. The van der Waals surface area contributed by atoms with E-state index in [0.717, 1.165) is 18.4 Å². The lowest BCUT2D eigenvalue weighted by Gasteiger charge is -2.12. The van der Waals surface area contributed by atoms with Crippen molar-refractivity contribution in [1.29, 1.82) is 0 Å². The Kier molecular flexibility index (Phi) is 7.78. The molecule has 0 spiro atoms. The summed E-state index contributed by atoms with van der Waals surface area (Å²) in [5.74, 6) is -0.414. The van der Waals surface area contributed by atoms with Crippen LogP contribution >= 0.6 is 0 Å². The predicted molar refractivity (Wildman–Crippen MR) is 83.6 cm³/mol. The van der Waals surface area contributed by atoms with E-state index in [1.165, 1.54) is 25.7 Å². The van der Waals surface area contributed by atoms with Crippen LogP contribution in [0.1, 0.15) is 63.9 Å². The molecule has 0 aromatic heterocycles. The summed E-state index contributed by atoms with van der Waals surface area (Å²) in [6, 6.07) is 7.42. The van der Waals surface area contributed by atoms with Crippen LogP contribution in [0.5, 0.6) is 0 Å². The summed E-state index contributed by atoms with van der Waals surface area (Å²) in [7, 11) is 0. The number of carbonyl (C=O) groups is 1. The molecular formula is C17H27NO2. The molecule has 0 amide bonds. The molecule has 3 nitrogen and oxygen atoms in total. The summed E-state index contributed by atoms with van der Waals surface area (Å²) in [5, 5.41) is 0. The van der Waals surface area contributed by atoms with Crippen molar-refractivity contribution >= 4 is 11.7 Å². The van der Waals surface area contributed by atoms with Gasteiger partial charge in [-0.05, 0) is 31.0 Å². The molecule has 0 saturated heterocycles. The van der Waals surface area contributed by atoms with Gasteiger partial charge in [-0.3, -0.25) is 4.79 Å². The van der Waals surface area contributed by atoms with E-state index >= 15 is 0 Å². The second kappa shape index (κ2) is 9.40. The van der Waals surface area contributed by atoms with E-state index in [0.29, 0.717) is 12.3 Å². The Labute approximate surface area is 122 Å². The van der Waals surface area contributed by atoms with Gasteiger partial charge < -0.3 is 10.5 Å². The number of nitrogens with two attached hydrogens (primary N) is 1. The minimum Gasteiger partial charge on any atom is -0.465 e. The Balaban J connectivity index is 2.22. The number of anilines is 1. The summed E-state index contributed by atoms with van der Waals surface area (Å²) < 4.78 is 5.32. The molecule has 0 aliphatic carbocycles. The summed E-state index contributed by atoms with van der Waals surface area (Å²) in [6.07, 6.45) is 7.16. The number of hydrogen-bond donors (Lipinski definition) is 1. The highest BCUT2D eigenvalue weighted by atomic mass is 16.5. The standard InChI is InChI=1S/C17H27NO2/c1-3-4-5-6-7-8-12-20-17(19)14(2)15-10-9-11-16(18)13-15/h9-11,13-14H,3-8,12,18H2,1-2H3. The van der Waals surface area contributed by atoms with Crippen molar-refractivity contribution in [1.82, 2.24) is 0 Å². The van der Waals surface area contributed by atoms with E-state index in [-0.39, 0.29) is 11.9 Å². The average Bonchev–Trinajstić information content (AvgIpc) is 2.45. The lowest BCUT2D eigenvalue weighted by molar-refractivity contribution is -0.145. The first-order chi connectivity index (χ1) is 9.65. The van der Waals surface area contributed by atoms with Crippen LogP contribution in [0.4, 0.5) is 5.69 Å². The molecule has 0 aliphatic heterocycles. The first-order valence-electron chi connectivity index (χ1n) is 7.67. The van der Waals surface area contributed by atoms with E-state index in [1.807, 2.05) is 31.2 Å². The van der Waals surface area contributed by atoms with Crippen LogP contribution in [0.15, 0.2) is 24.3 Å². The van der Waals surface area contributed by atoms with Gasteiger partial charge in [-0.15, -0.1) is 0 Å². The van der Waals surface area contributed by atoms with E-state index in [1.54, 1.807) is 0 Å². The number of nitrogen functional groups attached to an aromatic ring is 1. The van der Waals surface area contributed by atoms with Crippen molar-refractivity contribution < 1.29 is 9.53 Å². The quantitative estimate of drug-likeness (QED) is 0.416. The third-order valence-corrected chi connectivity index (χ3v) is 3.51. The first kappa shape index (κ1) is 16.5. The van der Waals surface area contributed by atoms with Crippen molar-refractivity contribution in [3.63, 3.8) is 0 Å². The molecule has 1 atom stereocenters. The van der Waals surface area contributed by atoms with Gasteiger partial charge in [0.25, 0.3) is 0 Å². The maximum absolute atomic E-state index is 11.9. The van der Waals surface area contributed by atoms with Crippen LogP contribution in [-0.2, 0) is 9.53 Å². The summed E-state index contributed by atoms with van der Waals surface area (Å²) in [5.41, 5.74) is 7.32. The molecule has 1 aromatic rings. The van der Waals surface area contributed by atoms with Crippen molar-refractivity contribution in [3.8, 4) is 0 Å². The number of carbonyl (C=O) groups excluding carboxylic acids is 1. The van der Waals surface area contributed by atoms with E-state index in [2.05, 4.69) is 6.92 Å². The van der Waals surface area contributed by atoms with Gasteiger partial charge in [0.1, 0.15) is 0 Å². The third kappa shape index (κ3) is 6.09. The van der Waals surface area contributed by atoms with Gasteiger partial charge in [-0.2, -0.15) is 0 Å². The fourth-order valence-electron chi connectivity index (χ4n) is 2.14. The topological polar surface area (TPSA) is 52.3 Å². The zero-order valence-electron chi connectivity index (χ0n) is 12.7. The fourth-order valence-corrected chi connectivity index (χ4v) is 2.14. The first-order valence-corrected chi connectivity index (χ1v) is 7.67. The molecule has 0 heterocycles. The van der Waals surface area contributed by atoms with Gasteiger partial charge in [0.2, 0.25) is 0 Å². The van der Waals surface area contributed by atoms with E-state index in [4.69, 9.17) is 10.5 Å². The Bertz CT molecular complexity index is 404. The maximum Gasteiger partial charge on any atom is 0.313 e. The highest BCUT2D eigenvalue weighted by Crippen LogP contribution is 2.19. The van der Waals surface area contributed by atoms with Crippen LogP contribution in [0.25, 0.3) is 0 Å². The van der Waals surface area contributed by atoms with Gasteiger partial charge in [0.05, 0.1) is 12.5 Å². The molecule has 2 N–H and O–H groups in total. The fraction of sp³-hybridized carbons (Fsp3) is 0.588. The van der Waals surface area contributed by atoms with Crippen molar-refractivity contribution in [2.45, 2.75) is 58.3 Å². The molecule has 1 aromatic carbocycles. The molecule has 0 aliphatic rings. The monoisotopic (exact) mass is 277 g/mol. The number of benzene rings is 1. The molecule has 1 rings (SSSR count). The Morgan fingerprint density at radius 1 is 1.20 bits per heavy atom. The Hall–Kier alpha value is -1.51. The van der Waals surface area contributed by atoms with Crippen LogP contribution in [0.3, 0.4) is 0 Å². The highest BCUT2D eigenvalue weighted by molar-refractivity contribution is 5.78. The second-order valence-electron chi connectivity index (χ2n) is 5.33. The van der Waals surface area contributed by atoms with Crippen LogP contribution in [0.2, 0.25) is 0 Å². The number of ether oxygens (including phenoxy) is 1. The second-order valence-corrected chi connectivity index (χ2v) is 5.33. The Morgan fingerprint density at radius 2 is 1.90 bits per heavy atom. The van der Waals surface area contributed by atoms with Crippen LogP contribution < -0.4 is 5.73 Å². The zero-order valence-corrected chi connectivity index (χ0v) is 12.7. The normalized spacial score (nSPS) is 12.1. The van der Waals surface area contributed by atoms with Gasteiger partial charge in [-0.1, -0.05) is 51.2 Å².